The lowest BCUT2D eigenvalue weighted by Gasteiger charge is -2.43. The number of nitrogens with zero attached hydrogens (tertiary/aromatic N) is 5. The molecule has 3 aliphatic rings. The third-order valence-electron chi connectivity index (χ3n) is 7.38. The average molecular weight is 420 g/mol. The molecule has 1 amide bonds. The van der Waals surface area contributed by atoms with E-state index in [9.17, 15) is 4.79 Å². The molecule has 2 aliphatic heterocycles. The van der Waals surface area contributed by atoms with E-state index in [1.165, 1.54) is 36.8 Å². The molecule has 164 valence electrons. The fraction of sp³-hybridized carbons (Fsp3) is 0.560. The normalized spacial score (nSPS) is 23.1. The Kier molecular flexibility index (Phi) is 6.01. The maximum Gasteiger partial charge on any atom is 0.236 e. The predicted molar refractivity (Wildman–Crippen MR) is 121 cm³/mol. The number of piperazine rings is 1. The largest absolute Gasteiger partial charge is 0.339 e. The van der Waals surface area contributed by atoms with Gasteiger partial charge in [0, 0.05) is 62.8 Å². The van der Waals surface area contributed by atoms with Gasteiger partial charge in [0.05, 0.1) is 6.54 Å². The van der Waals surface area contributed by atoms with Crippen LogP contribution >= 0.6 is 0 Å². The number of rotatable bonds is 4. The van der Waals surface area contributed by atoms with Gasteiger partial charge in [0.2, 0.25) is 5.91 Å². The SMILES string of the molecule is C[C@@H]1CN(C(=O)CN2CCc3cc(-c4cncnc4)ccc3C2)CCN1C1CCCC1. The first-order valence-corrected chi connectivity index (χ1v) is 11.8. The van der Waals surface area contributed by atoms with Crippen molar-refractivity contribution >= 4 is 5.91 Å². The minimum absolute atomic E-state index is 0.291. The Morgan fingerprint density at radius 3 is 2.61 bits per heavy atom. The molecule has 31 heavy (non-hydrogen) atoms. The zero-order valence-corrected chi connectivity index (χ0v) is 18.5. The van der Waals surface area contributed by atoms with Crippen molar-refractivity contribution in [2.24, 2.45) is 0 Å². The lowest BCUT2D eigenvalue weighted by molar-refractivity contribution is -0.136. The van der Waals surface area contributed by atoms with Crippen LogP contribution in [0.2, 0.25) is 0 Å². The maximum atomic E-state index is 13.0. The van der Waals surface area contributed by atoms with E-state index in [4.69, 9.17) is 0 Å². The second-order valence-corrected chi connectivity index (χ2v) is 9.44. The van der Waals surface area contributed by atoms with Crippen LogP contribution in [0.5, 0.6) is 0 Å². The first-order valence-electron chi connectivity index (χ1n) is 11.8. The lowest BCUT2D eigenvalue weighted by atomic mass is 9.95. The molecule has 1 aliphatic carbocycles. The molecule has 0 unspecified atom stereocenters. The van der Waals surface area contributed by atoms with Gasteiger partial charge in [-0.25, -0.2) is 9.97 Å². The molecule has 0 bridgehead atoms. The zero-order valence-electron chi connectivity index (χ0n) is 18.5. The summed E-state index contributed by atoms with van der Waals surface area (Å²) < 4.78 is 0. The number of aromatic nitrogens is 2. The van der Waals surface area contributed by atoms with Gasteiger partial charge in [-0.15, -0.1) is 0 Å². The Bertz CT molecular complexity index is 911. The predicted octanol–water partition coefficient (Wildman–Crippen LogP) is 2.98. The molecule has 2 fully saturated rings. The molecule has 1 saturated carbocycles. The van der Waals surface area contributed by atoms with Gasteiger partial charge in [0.1, 0.15) is 6.33 Å². The molecular formula is C25H33N5O. The van der Waals surface area contributed by atoms with Gasteiger partial charge in [0.15, 0.2) is 0 Å². The highest BCUT2D eigenvalue weighted by Gasteiger charge is 2.33. The van der Waals surface area contributed by atoms with Crippen molar-refractivity contribution in [3.63, 3.8) is 0 Å². The van der Waals surface area contributed by atoms with Crippen molar-refractivity contribution < 1.29 is 4.79 Å². The second-order valence-electron chi connectivity index (χ2n) is 9.44. The molecule has 3 heterocycles. The summed E-state index contributed by atoms with van der Waals surface area (Å²) in [5.74, 6) is 0.291. The van der Waals surface area contributed by atoms with Crippen LogP contribution in [-0.2, 0) is 17.8 Å². The molecule has 0 N–H and O–H groups in total. The van der Waals surface area contributed by atoms with Gasteiger partial charge in [0.25, 0.3) is 0 Å². The van der Waals surface area contributed by atoms with Crippen LogP contribution in [0, 0.1) is 0 Å². The minimum Gasteiger partial charge on any atom is -0.339 e. The Morgan fingerprint density at radius 2 is 1.84 bits per heavy atom. The molecule has 6 nitrogen and oxygen atoms in total. The minimum atomic E-state index is 0.291. The average Bonchev–Trinajstić information content (AvgIpc) is 3.34. The van der Waals surface area contributed by atoms with E-state index in [0.29, 0.717) is 18.5 Å². The van der Waals surface area contributed by atoms with Crippen LogP contribution < -0.4 is 0 Å². The van der Waals surface area contributed by atoms with Crippen molar-refractivity contribution in [3.8, 4) is 11.1 Å². The van der Waals surface area contributed by atoms with E-state index in [2.05, 4.69) is 49.8 Å². The third kappa shape index (κ3) is 4.51. The molecule has 0 spiro atoms. The summed E-state index contributed by atoms with van der Waals surface area (Å²) in [6, 6.07) is 7.84. The molecule has 2 aromatic rings. The fourth-order valence-electron chi connectivity index (χ4n) is 5.64. The molecule has 0 radical (unpaired) electrons. The molecule has 1 saturated heterocycles. The Balaban J connectivity index is 1.17. The summed E-state index contributed by atoms with van der Waals surface area (Å²) in [6.45, 7) is 7.41. The Hall–Kier alpha value is -2.31. The van der Waals surface area contributed by atoms with Crippen molar-refractivity contribution in [2.45, 2.75) is 57.7 Å². The van der Waals surface area contributed by atoms with Crippen molar-refractivity contribution in [1.29, 1.82) is 0 Å². The number of benzene rings is 1. The van der Waals surface area contributed by atoms with Crippen molar-refractivity contribution in [1.82, 2.24) is 24.7 Å². The topological polar surface area (TPSA) is 52.6 Å². The Morgan fingerprint density at radius 1 is 1.03 bits per heavy atom. The molecule has 1 aromatic carbocycles. The van der Waals surface area contributed by atoms with E-state index in [1.807, 2.05) is 12.4 Å². The summed E-state index contributed by atoms with van der Waals surface area (Å²) >= 11 is 0. The molecule has 1 atom stereocenters. The number of fused-ring (bicyclic) bond motifs is 1. The van der Waals surface area contributed by atoms with Gasteiger partial charge >= 0.3 is 0 Å². The van der Waals surface area contributed by atoms with Gasteiger partial charge < -0.3 is 4.90 Å². The van der Waals surface area contributed by atoms with Crippen molar-refractivity contribution in [2.75, 3.05) is 32.7 Å². The number of hydrogen-bond donors (Lipinski definition) is 0. The van der Waals surface area contributed by atoms with Gasteiger partial charge in [-0.1, -0.05) is 31.0 Å². The summed E-state index contributed by atoms with van der Waals surface area (Å²) in [7, 11) is 0. The van der Waals surface area contributed by atoms with E-state index in [0.717, 1.165) is 56.3 Å². The quantitative estimate of drug-likeness (QED) is 0.763. The fourth-order valence-corrected chi connectivity index (χ4v) is 5.64. The second kappa shape index (κ2) is 9.05. The van der Waals surface area contributed by atoms with Crippen LogP contribution in [0.15, 0.2) is 36.9 Å². The summed E-state index contributed by atoms with van der Waals surface area (Å²) in [6.07, 6.45) is 11.7. The number of carbonyl (C=O) groups is 1. The lowest BCUT2D eigenvalue weighted by Crippen LogP contribution is -2.57. The van der Waals surface area contributed by atoms with Crippen LogP contribution in [-0.4, -0.2) is 75.4 Å². The van der Waals surface area contributed by atoms with E-state index in [-0.39, 0.29) is 0 Å². The number of amides is 1. The molecule has 5 rings (SSSR count). The van der Waals surface area contributed by atoms with Gasteiger partial charge in [-0.3, -0.25) is 14.6 Å². The van der Waals surface area contributed by atoms with Crippen LogP contribution in [0.1, 0.15) is 43.7 Å². The van der Waals surface area contributed by atoms with Crippen LogP contribution in [0.4, 0.5) is 0 Å². The number of carbonyl (C=O) groups excluding carboxylic acids is 1. The van der Waals surface area contributed by atoms with E-state index in [1.54, 1.807) is 6.33 Å². The van der Waals surface area contributed by atoms with Gasteiger partial charge in [-0.05, 0) is 42.9 Å². The highest BCUT2D eigenvalue weighted by molar-refractivity contribution is 5.78. The molecule has 6 heteroatoms. The highest BCUT2D eigenvalue weighted by atomic mass is 16.2. The van der Waals surface area contributed by atoms with E-state index >= 15 is 0 Å². The van der Waals surface area contributed by atoms with Crippen LogP contribution in [0.3, 0.4) is 0 Å². The highest BCUT2D eigenvalue weighted by Crippen LogP contribution is 2.28. The standard InChI is InChI=1S/C25H33N5O/c1-19-15-29(10-11-30(19)24-4-2-3-5-24)25(31)17-28-9-8-21-12-20(6-7-22(21)16-28)23-13-26-18-27-14-23/h6-7,12-14,18-19,24H,2-5,8-11,15-17H2,1H3/t19-/m1/s1. The van der Waals surface area contributed by atoms with Crippen LogP contribution in [0.25, 0.3) is 11.1 Å². The maximum absolute atomic E-state index is 13.0. The van der Waals surface area contributed by atoms with E-state index < -0.39 is 0 Å². The summed E-state index contributed by atoms with van der Waals surface area (Å²) in [4.78, 5) is 28.4. The monoisotopic (exact) mass is 419 g/mol. The Labute approximate surface area is 185 Å². The molecule has 1 aromatic heterocycles. The smallest absolute Gasteiger partial charge is 0.236 e. The first kappa shape index (κ1) is 20.6. The number of hydrogen-bond acceptors (Lipinski definition) is 5. The third-order valence-corrected chi connectivity index (χ3v) is 7.38. The first-order chi connectivity index (χ1) is 15.2. The van der Waals surface area contributed by atoms with Crippen molar-refractivity contribution in [3.05, 3.63) is 48.0 Å². The summed E-state index contributed by atoms with van der Waals surface area (Å²) in [5.41, 5.74) is 4.93. The molecular weight excluding hydrogens is 386 g/mol. The zero-order chi connectivity index (χ0) is 21.2. The summed E-state index contributed by atoms with van der Waals surface area (Å²) in [5, 5.41) is 0. The van der Waals surface area contributed by atoms with Gasteiger partial charge in [-0.2, -0.15) is 0 Å².